The van der Waals surface area contributed by atoms with Gasteiger partial charge in [-0.05, 0) is 48.7 Å². The molecule has 0 bridgehead atoms. The summed E-state index contributed by atoms with van der Waals surface area (Å²) in [6, 6.07) is 10.2. The molecular formula is C20H20FN3O4. The number of carbonyl (C=O) groups is 2. The summed E-state index contributed by atoms with van der Waals surface area (Å²) in [5.41, 5.74) is 1.24. The molecule has 2 aliphatic rings. The van der Waals surface area contributed by atoms with Crippen molar-refractivity contribution in [2.75, 3.05) is 18.7 Å². The molecule has 2 N–H and O–H groups in total. The van der Waals surface area contributed by atoms with E-state index in [2.05, 4.69) is 10.6 Å². The molecule has 2 aromatic carbocycles. The van der Waals surface area contributed by atoms with Crippen LogP contribution in [-0.4, -0.2) is 36.2 Å². The van der Waals surface area contributed by atoms with Crippen molar-refractivity contribution < 1.29 is 23.5 Å². The van der Waals surface area contributed by atoms with E-state index < -0.39 is 17.9 Å². The number of urea groups is 1. The number of benzene rings is 2. The molecule has 146 valence electrons. The SMILES string of the molecule is O=C(NCc1ccc2c(c1)OCO2)[C@H]1CCCN1C(=O)Nc1cccc(F)c1. The smallest absolute Gasteiger partial charge is 0.322 e. The second kappa shape index (κ2) is 7.75. The standard InChI is InChI=1S/C20H20FN3O4/c21-14-3-1-4-15(10-14)23-20(26)24-8-2-5-16(24)19(25)22-11-13-6-7-17-18(9-13)28-12-27-17/h1,3-4,6-7,9-10,16H,2,5,8,11-12H2,(H,22,25)(H,23,26)/t16-/m1/s1. The van der Waals surface area contributed by atoms with Crippen molar-refractivity contribution in [1.82, 2.24) is 10.2 Å². The second-order valence-electron chi connectivity index (χ2n) is 6.70. The fraction of sp³-hybridized carbons (Fsp3) is 0.300. The molecule has 0 spiro atoms. The number of ether oxygens (including phenoxy) is 2. The maximum atomic E-state index is 13.3. The van der Waals surface area contributed by atoms with E-state index in [0.717, 1.165) is 12.0 Å². The van der Waals surface area contributed by atoms with Gasteiger partial charge in [0.1, 0.15) is 11.9 Å². The molecule has 1 fully saturated rings. The van der Waals surface area contributed by atoms with E-state index in [1.165, 1.54) is 23.1 Å². The molecule has 7 nitrogen and oxygen atoms in total. The summed E-state index contributed by atoms with van der Waals surface area (Å²) >= 11 is 0. The van der Waals surface area contributed by atoms with Crippen molar-refractivity contribution >= 4 is 17.6 Å². The van der Waals surface area contributed by atoms with Crippen LogP contribution in [0.1, 0.15) is 18.4 Å². The molecule has 0 radical (unpaired) electrons. The number of hydrogen-bond donors (Lipinski definition) is 2. The quantitative estimate of drug-likeness (QED) is 0.848. The fourth-order valence-corrected chi connectivity index (χ4v) is 3.40. The first-order valence-corrected chi connectivity index (χ1v) is 9.09. The second-order valence-corrected chi connectivity index (χ2v) is 6.70. The van der Waals surface area contributed by atoms with Crippen LogP contribution in [0.5, 0.6) is 11.5 Å². The van der Waals surface area contributed by atoms with Gasteiger partial charge in [0.05, 0.1) is 0 Å². The number of likely N-dealkylation sites (tertiary alicyclic amines) is 1. The topological polar surface area (TPSA) is 79.9 Å². The Hall–Kier alpha value is -3.29. The number of nitrogens with one attached hydrogen (secondary N) is 2. The number of halogens is 1. The van der Waals surface area contributed by atoms with Gasteiger partial charge < -0.3 is 25.0 Å². The highest BCUT2D eigenvalue weighted by Gasteiger charge is 2.34. The molecule has 3 amide bonds. The predicted molar refractivity (Wildman–Crippen MR) is 99.6 cm³/mol. The minimum absolute atomic E-state index is 0.197. The third-order valence-corrected chi connectivity index (χ3v) is 4.80. The predicted octanol–water partition coefficient (Wildman–Crippen LogP) is 2.87. The summed E-state index contributed by atoms with van der Waals surface area (Å²) in [5.74, 6) is 0.691. The summed E-state index contributed by atoms with van der Waals surface area (Å²) in [4.78, 5) is 26.6. The van der Waals surface area contributed by atoms with Gasteiger partial charge in [0.2, 0.25) is 12.7 Å². The van der Waals surface area contributed by atoms with Gasteiger partial charge in [0, 0.05) is 18.8 Å². The summed E-state index contributed by atoms with van der Waals surface area (Å²) in [6.45, 7) is 0.997. The van der Waals surface area contributed by atoms with Crippen LogP contribution in [0, 0.1) is 5.82 Å². The zero-order chi connectivity index (χ0) is 19.5. The lowest BCUT2D eigenvalue weighted by Crippen LogP contribution is -2.47. The maximum absolute atomic E-state index is 13.3. The molecule has 0 aromatic heterocycles. The Kier molecular flexibility index (Phi) is 5.01. The van der Waals surface area contributed by atoms with Gasteiger partial charge in [-0.25, -0.2) is 9.18 Å². The Labute approximate surface area is 161 Å². The van der Waals surface area contributed by atoms with Crippen LogP contribution in [0.15, 0.2) is 42.5 Å². The molecule has 2 aliphatic heterocycles. The van der Waals surface area contributed by atoms with Crippen LogP contribution < -0.4 is 20.1 Å². The number of amides is 3. The van der Waals surface area contributed by atoms with Gasteiger partial charge in [-0.2, -0.15) is 0 Å². The molecule has 4 rings (SSSR count). The molecule has 0 saturated carbocycles. The van der Waals surface area contributed by atoms with Gasteiger partial charge in [-0.15, -0.1) is 0 Å². The first-order chi connectivity index (χ1) is 13.6. The van der Waals surface area contributed by atoms with Gasteiger partial charge in [-0.3, -0.25) is 4.79 Å². The summed E-state index contributed by atoms with van der Waals surface area (Å²) in [7, 11) is 0. The third kappa shape index (κ3) is 3.85. The van der Waals surface area contributed by atoms with Crippen LogP contribution in [0.3, 0.4) is 0 Å². The maximum Gasteiger partial charge on any atom is 0.322 e. The third-order valence-electron chi connectivity index (χ3n) is 4.80. The molecule has 28 heavy (non-hydrogen) atoms. The van der Waals surface area contributed by atoms with Crippen LogP contribution in [0.25, 0.3) is 0 Å². The van der Waals surface area contributed by atoms with E-state index in [1.807, 2.05) is 12.1 Å². The van der Waals surface area contributed by atoms with Crippen molar-refractivity contribution in [2.24, 2.45) is 0 Å². The number of nitrogens with zero attached hydrogens (tertiary/aromatic N) is 1. The first kappa shape index (κ1) is 18.1. The highest BCUT2D eigenvalue weighted by atomic mass is 19.1. The van der Waals surface area contributed by atoms with E-state index in [0.29, 0.717) is 36.7 Å². The Morgan fingerprint density at radius 2 is 2.00 bits per heavy atom. The van der Waals surface area contributed by atoms with Crippen LogP contribution in [0.2, 0.25) is 0 Å². The summed E-state index contributed by atoms with van der Waals surface area (Å²) < 4.78 is 23.9. The van der Waals surface area contributed by atoms with Gasteiger partial charge in [0.25, 0.3) is 0 Å². The number of fused-ring (bicyclic) bond motifs is 1. The monoisotopic (exact) mass is 385 g/mol. The van der Waals surface area contributed by atoms with Gasteiger partial charge in [-0.1, -0.05) is 12.1 Å². The van der Waals surface area contributed by atoms with Gasteiger partial charge >= 0.3 is 6.03 Å². The van der Waals surface area contributed by atoms with Crippen molar-refractivity contribution in [3.63, 3.8) is 0 Å². The fourth-order valence-electron chi connectivity index (χ4n) is 3.40. The Morgan fingerprint density at radius 3 is 2.86 bits per heavy atom. The number of rotatable bonds is 4. The van der Waals surface area contributed by atoms with E-state index >= 15 is 0 Å². The van der Waals surface area contributed by atoms with E-state index in [9.17, 15) is 14.0 Å². The van der Waals surface area contributed by atoms with Crippen LogP contribution in [0.4, 0.5) is 14.9 Å². The average molecular weight is 385 g/mol. The Balaban J connectivity index is 1.36. The van der Waals surface area contributed by atoms with E-state index in [-0.39, 0.29) is 12.7 Å². The minimum atomic E-state index is -0.553. The van der Waals surface area contributed by atoms with Crippen molar-refractivity contribution in [2.45, 2.75) is 25.4 Å². The molecule has 1 atom stereocenters. The molecule has 2 aromatic rings. The molecule has 8 heteroatoms. The zero-order valence-electron chi connectivity index (χ0n) is 15.1. The lowest BCUT2D eigenvalue weighted by Gasteiger charge is -2.24. The van der Waals surface area contributed by atoms with Gasteiger partial charge in [0.15, 0.2) is 11.5 Å². The molecule has 0 aliphatic carbocycles. The van der Waals surface area contributed by atoms with E-state index in [4.69, 9.17) is 9.47 Å². The Morgan fingerprint density at radius 1 is 1.14 bits per heavy atom. The molecular weight excluding hydrogens is 365 g/mol. The first-order valence-electron chi connectivity index (χ1n) is 9.09. The highest BCUT2D eigenvalue weighted by Crippen LogP contribution is 2.32. The van der Waals surface area contributed by atoms with Crippen molar-refractivity contribution in [3.8, 4) is 11.5 Å². The van der Waals surface area contributed by atoms with Crippen molar-refractivity contribution in [3.05, 3.63) is 53.8 Å². The lowest BCUT2D eigenvalue weighted by atomic mass is 10.1. The zero-order valence-corrected chi connectivity index (χ0v) is 15.1. The molecule has 1 saturated heterocycles. The minimum Gasteiger partial charge on any atom is -0.454 e. The summed E-state index contributed by atoms with van der Waals surface area (Å²) in [6.07, 6.45) is 1.32. The van der Waals surface area contributed by atoms with Crippen molar-refractivity contribution in [1.29, 1.82) is 0 Å². The summed E-state index contributed by atoms with van der Waals surface area (Å²) in [5, 5.41) is 5.52. The largest absolute Gasteiger partial charge is 0.454 e. The van der Waals surface area contributed by atoms with Crippen LogP contribution >= 0.6 is 0 Å². The molecule has 2 heterocycles. The van der Waals surface area contributed by atoms with E-state index in [1.54, 1.807) is 12.1 Å². The lowest BCUT2D eigenvalue weighted by molar-refractivity contribution is -0.124. The normalized spacial score (nSPS) is 17.5. The highest BCUT2D eigenvalue weighted by molar-refractivity contribution is 5.94. The van der Waals surface area contributed by atoms with Crippen LogP contribution in [-0.2, 0) is 11.3 Å². The number of hydrogen-bond acceptors (Lipinski definition) is 4. The Bertz CT molecular complexity index is 905. The number of carbonyl (C=O) groups excluding carboxylic acids is 2. The average Bonchev–Trinajstić information content (AvgIpc) is 3.35. The molecule has 0 unspecified atom stereocenters. The number of anilines is 1.